The predicted molar refractivity (Wildman–Crippen MR) is 84.9 cm³/mol. The lowest BCUT2D eigenvalue weighted by Gasteiger charge is -2.12. The molecule has 0 spiro atoms. The van der Waals surface area contributed by atoms with Crippen molar-refractivity contribution in [1.82, 2.24) is 4.98 Å². The fourth-order valence-corrected chi connectivity index (χ4v) is 1.66. The highest BCUT2D eigenvalue weighted by Crippen LogP contribution is 2.15. The Balaban J connectivity index is 2.87. The maximum atomic E-state index is 12.1. The van der Waals surface area contributed by atoms with Crippen molar-refractivity contribution < 1.29 is 23.7 Å². The molecule has 0 aliphatic rings. The second kappa shape index (κ2) is 8.70. The summed E-state index contributed by atoms with van der Waals surface area (Å²) in [5.74, 6) is -7.82. The number of hydrogen-bond acceptors (Lipinski definition) is 12. The second-order valence-electron chi connectivity index (χ2n) is 4.34. The maximum Gasteiger partial charge on any atom is 0.606 e. The first-order valence-corrected chi connectivity index (χ1v) is 6.74. The van der Waals surface area contributed by atoms with E-state index in [1.54, 1.807) is 0 Å². The normalized spacial score (nSPS) is 9.81. The summed E-state index contributed by atoms with van der Waals surface area (Å²) in [4.78, 5) is 12.0. The van der Waals surface area contributed by atoms with Crippen LogP contribution in [0.3, 0.4) is 0 Å². The lowest BCUT2D eigenvalue weighted by molar-refractivity contribution is -0.821. The lowest BCUT2D eigenvalue weighted by atomic mass is 10.8. The molecule has 2 aromatic heterocycles. The smallest absolute Gasteiger partial charge is 0.606 e. The minimum atomic E-state index is -1.47. The molecule has 0 saturated heterocycles. The van der Waals surface area contributed by atoms with Crippen molar-refractivity contribution in [3.8, 4) is 0 Å². The van der Waals surface area contributed by atoms with E-state index in [1.807, 2.05) is 0 Å². The van der Waals surface area contributed by atoms with Crippen LogP contribution in [-0.2, 0) is 0 Å². The maximum absolute atomic E-state index is 12.1. The monoisotopic (exact) mass is 432 g/mol. The second-order valence-corrected chi connectivity index (χ2v) is 4.34. The van der Waals surface area contributed by atoms with Crippen molar-refractivity contribution in [3.63, 3.8) is 0 Å². The molecule has 0 aliphatic carbocycles. The van der Waals surface area contributed by atoms with E-state index in [-0.39, 0.29) is 0 Å². The van der Waals surface area contributed by atoms with Crippen LogP contribution in [0.5, 0.6) is 0 Å². The van der Waals surface area contributed by atoms with Gasteiger partial charge in [0, 0.05) is 40.6 Å². The molecule has 0 fully saturated rings. The van der Waals surface area contributed by atoms with Gasteiger partial charge in [0.05, 0.1) is 0 Å². The average molecular weight is 432 g/mol. The molecular weight excluding hydrogens is 432 g/mol. The SMILES string of the molecule is [N-]=[N+]=Nc1nc(N=[N+]=[N-])[n+]([O-])c(/N=N/c2[n+]([O-])c(N=[N+]=[N-])[n+]([O-])c(N=[N+]=[N-])[n+]2[O-])[n+]1[O-]. The van der Waals surface area contributed by atoms with E-state index in [9.17, 15) is 26.0 Å². The zero-order valence-corrected chi connectivity index (χ0v) is 14.0. The van der Waals surface area contributed by atoms with Crippen molar-refractivity contribution in [2.24, 2.45) is 30.7 Å². The average Bonchev–Trinajstić information content (AvgIpc) is 2.74. The molecule has 0 radical (unpaired) electrons. The Bertz CT molecular complexity index is 1220. The zero-order valence-electron chi connectivity index (χ0n) is 14.0. The van der Waals surface area contributed by atoms with E-state index in [4.69, 9.17) is 22.1 Å². The zero-order chi connectivity index (χ0) is 23.1. The minimum Gasteiger partial charge on any atom is -0.725 e. The number of hydrogen-bond donors (Lipinski definition) is 0. The topological polar surface area (TPSA) is 367 Å². The summed E-state index contributed by atoms with van der Waals surface area (Å²) in [5, 5.41) is 77.2. The Morgan fingerprint density at radius 3 is 1.19 bits per heavy atom. The Morgan fingerprint density at radius 2 is 0.839 bits per heavy atom. The molecule has 154 valence electrons. The molecule has 0 saturated carbocycles. The molecule has 0 N–H and O–H groups in total. The Morgan fingerprint density at radius 1 is 0.516 bits per heavy atom. The number of azo groups is 1. The van der Waals surface area contributed by atoms with Crippen LogP contribution in [0.15, 0.2) is 30.7 Å². The van der Waals surface area contributed by atoms with Crippen molar-refractivity contribution >= 4 is 35.7 Å². The Kier molecular flexibility index (Phi) is 5.94. The van der Waals surface area contributed by atoms with E-state index in [0.717, 1.165) is 0 Å². The lowest BCUT2D eigenvalue weighted by Crippen LogP contribution is -2.53. The van der Waals surface area contributed by atoms with Gasteiger partial charge in [0.2, 0.25) is 10.0 Å². The third kappa shape index (κ3) is 3.79. The summed E-state index contributed by atoms with van der Waals surface area (Å²) in [6, 6.07) is 0. The van der Waals surface area contributed by atoms with Gasteiger partial charge in [-0.3, -0.25) is 0 Å². The van der Waals surface area contributed by atoms with Gasteiger partial charge in [-0.05, 0) is 16.6 Å². The summed E-state index contributed by atoms with van der Waals surface area (Å²) in [7, 11) is 0. The largest absolute Gasteiger partial charge is 0.725 e. The van der Waals surface area contributed by atoms with E-state index in [2.05, 4.69) is 55.3 Å². The highest BCUT2D eigenvalue weighted by Gasteiger charge is 2.35. The number of nitrogens with zero attached hydrogens (tertiary/aromatic N) is 20. The molecule has 25 heteroatoms. The van der Waals surface area contributed by atoms with Crippen LogP contribution < -0.4 is 23.7 Å². The highest BCUT2D eigenvalue weighted by molar-refractivity contribution is 5.19. The Hall–Kier alpha value is -6.14. The van der Waals surface area contributed by atoms with Crippen molar-refractivity contribution in [1.29, 1.82) is 0 Å². The van der Waals surface area contributed by atoms with Gasteiger partial charge in [-0.25, -0.2) is 0 Å². The molecular formula is C6N20O5. The van der Waals surface area contributed by atoms with E-state index in [0.29, 0.717) is 0 Å². The summed E-state index contributed by atoms with van der Waals surface area (Å²) >= 11 is 0. The summed E-state index contributed by atoms with van der Waals surface area (Å²) in [6.45, 7) is 0. The van der Waals surface area contributed by atoms with Gasteiger partial charge in [0.1, 0.15) is 0 Å². The fraction of sp³-hybridized carbons (Fsp3) is 0. The van der Waals surface area contributed by atoms with Crippen molar-refractivity contribution in [3.05, 3.63) is 67.8 Å². The van der Waals surface area contributed by atoms with Gasteiger partial charge in [-0.1, -0.05) is 0 Å². The fourth-order valence-electron chi connectivity index (χ4n) is 1.66. The first kappa shape index (κ1) is 21.2. The molecule has 0 aliphatic heterocycles. The van der Waals surface area contributed by atoms with Gasteiger partial charge in [0.15, 0.2) is 0 Å². The van der Waals surface area contributed by atoms with Gasteiger partial charge in [-0.2, -0.15) is 9.46 Å². The number of aromatic nitrogens is 6. The van der Waals surface area contributed by atoms with Crippen LogP contribution in [0.25, 0.3) is 41.8 Å². The minimum absolute atomic E-state index is 0.518. The predicted octanol–water partition coefficient (Wildman–Crippen LogP) is 0.431. The van der Waals surface area contributed by atoms with Crippen LogP contribution in [0.2, 0.25) is 0 Å². The van der Waals surface area contributed by atoms with Crippen LogP contribution in [0.4, 0.5) is 35.7 Å². The summed E-state index contributed by atoms with van der Waals surface area (Å²) in [6.07, 6.45) is 0. The highest BCUT2D eigenvalue weighted by atomic mass is 16.5. The van der Waals surface area contributed by atoms with E-state index < -0.39 is 59.3 Å². The van der Waals surface area contributed by atoms with Gasteiger partial charge < -0.3 is 26.0 Å². The van der Waals surface area contributed by atoms with Crippen LogP contribution >= 0.6 is 0 Å². The Labute approximate surface area is 164 Å². The third-order valence-electron chi connectivity index (χ3n) is 2.78. The van der Waals surface area contributed by atoms with Gasteiger partial charge in [-0.15, -0.1) is 14.2 Å². The number of azide groups is 4. The number of rotatable bonds is 6. The molecule has 0 bridgehead atoms. The molecule has 25 nitrogen and oxygen atoms in total. The molecule has 2 rings (SSSR count). The molecule has 0 atom stereocenters. The van der Waals surface area contributed by atoms with Crippen LogP contribution in [-0.4, -0.2) is 4.98 Å². The molecule has 0 amide bonds. The molecule has 31 heavy (non-hydrogen) atoms. The summed E-state index contributed by atoms with van der Waals surface area (Å²) in [5.41, 5.74) is 33.7. The standard InChI is InChI=1S/C6N20O5/c7-18-12-1-11-2(13-19-8)23(28)3(22(1)27)14-15-4-24(29)5(16-20-9)26(31)6(17-21-10)25(4)30/b15-14+. The molecule has 2 heterocycles. The van der Waals surface area contributed by atoms with Crippen LogP contribution in [0, 0.1) is 26.0 Å². The van der Waals surface area contributed by atoms with E-state index >= 15 is 0 Å². The van der Waals surface area contributed by atoms with Crippen molar-refractivity contribution in [2.45, 2.75) is 0 Å². The molecule has 2 aromatic rings. The van der Waals surface area contributed by atoms with Gasteiger partial charge in [0.25, 0.3) is 5.11 Å². The van der Waals surface area contributed by atoms with Crippen molar-refractivity contribution in [2.75, 3.05) is 0 Å². The van der Waals surface area contributed by atoms with Gasteiger partial charge >= 0.3 is 40.8 Å². The van der Waals surface area contributed by atoms with E-state index in [1.165, 1.54) is 0 Å². The first-order chi connectivity index (χ1) is 14.8. The first-order valence-electron chi connectivity index (χ1n) is 6.74. The third-order valence-corrected chi connectivity index (χ3v) is 2.78. The van der Waals surface area contributed by atoms with Crippen LogP contribution in [0.1, 0.15) is 0 Å². The molecule has 0 aromatic carbocycles. The summed E-state index contributed by atoms with van der Waals surface area (Å²) < 4.78 is -3.01. The molecule has 0 unspecified atom stereocenters. The quantitative estimate of drug-likeness (QED) is 0.204.